The molecule has 0 unspecified atom stereocenters. The third kappa shape index (κ3) is 2.46. The van der Waals surface area contributed by atoms with E-state index in [0.717, 1.165) is 0 Å². The van der Waals surface area contributed by atoms with Crippen LogP contribution in [0.15, 0.2) is 40.9 Å². The van der Waals surface area contributed by atoms with E-state index in [4.69, 9.17) is 9.15 Å². The number of benzene rings is 1. The smallest absolute Gasteiger partial charge is 0.300 e. The van der Waals surface area contributed by atoms with Crippen molar-refractivity contribution in [3.8, 4) is 5.88 Å². The number of methoxy groups -OCH3 is 1. The Balaban J connectivity index is 1.96. The van der Waals surface area contributed by atoms with E-state index in [1.165, 1.54) is 25.3 Å². The lowest BCUT2D eigenvalue weighted by Gasteiger charge is -2.05. The van der Waals surface area contributed by atoms with Gasteiger partial charge >= 0.3 is 0 Å². The number of ether oxygens (including phenoxy) is 1. The first-order chi connectivity index (χ1) is 10.2. The van der Waals surface area contributed by atoms with Crippen molar-refractivity contribution in [1.29, 1.82) is 0 Å². The Morgan fingerprint density at radius 3 is 3.00 bits per heavy atom. The van der Waals surface area contributed by atoms with Crippen LogP contribution < -0.4 is 10.1 Å². The van der Waals surface area contributed by atoms with Gasteiger partial charge < -0.3 is 14.5 Å². The fourth-order valence-electron chi connectivity index (χ4n) is 1.84. The molecule has 1 aromatic carbocycles. The number of oxazole rings is 1. The minimum atomic E-state index is -0.487. The van der Waals surface area contributed by atoms with E-state index in [1.54, 1.807) is 18.3 Å². The number of hydrogen-bond donors (Lipinski definition) is 1. The van der Waals surface area contributed by atoms with Crippen LogP contribution in [-0.4, -0.2) is 22.0 Å². The SMILES string of the molecule is COc1ncccc1Nc1nc2ccc([N+](=O)[O-])cc2o1. The average Bonchev–Trinajstić information content (AvgIpc) is 2.89. The second-order valence-electron chi connectivity index (χ2n) is 4.11. The third-order valence-corrected chi connectivity index (χ3v) is 2.79. The van der Waals surface area contributed by atoms with Gasteiger partial charge in [0.1, 0.15) is 11.2 Å². The lowest BCUT2D eigenvalue weighted by atomic mass is 10.3. The highest BCUT2D eigenvalue weighted by molar-refractivity contribution is 5.78. The molecule has 2 heterocycles. The van der Waals surface area contributed by atoms with Crippen LogP contribution in [0.3, 0.4) is 0 Å². The van der Waals surface area contributed by atoms with Crippen molar-refractivity contribution in [2.45, 2.75) is 0 Å². The molecule has 0 radical (unpaired) electrons. The average molecular weight is 286 g/mol. The largest absolute Gasteiger partial charge is 0.480 e. The first-order valence-corrected chi connectivity index (χ1v) is 5.98. The molecule has 106 valence electrons. The fraction of sp³-hybridized carbons (Fsp3) is 0.0769. The molecule has 0 aliphatic rings. The summed E-state index contributed by atoms with van der Waals surface area (Å²) < 4.78 is 10.6. The molecule has 0 aliphatic heterocycles. The highest BCUT2D eigenvalue weighted by Crippen LogP contribution is 2.28. The summed E-state index contributed by atoms with van der Waals surface area (Å²) in [6, 6.07) is 7.93. The number of pyridine rings is 1. The molecule has 0 saturated heterocycles. The van der Waals surface area contributed by atoms with Crippen molar-refractivity contribution in [3.63, 3.8) is 0 Å². The molecule has 0 saturated carbocycles. The van der Waals surface area contributed by atoms with Crippen molar-refractivity contribution in [3.05, 3.63) is 46.6 Å². The molecule has 0 bridgehead atoms. The minimum Gasteiger partial charge on any atom is -0.480 e. The van der Waals surface area contributed by atoms with E-state index in [1.807, 2.05) is 0 Å². The van der Waals surface area contributed by atoms with Gasteiger partial charge in [0.05, 0.1) is 18.1 Å². The number of nitrogens with one attached hydrogen (secondary N) is 1. The van der Waals surface area contributed by atoms with Crippen LogP contribution >= 0.6 is 0 Å². The van der Waals surface area contributed by atoms with Gasteiger partial charge in [0.25, 0.3) is 11.7 Å². The molecule has 8 nitrogen and oxygen atoms in total. The first-order valence-electron chi connectivity index (χ1n) is 5.98. The predicted molar refractivity (Wildman–Crippen MR) is 74.7 cm³/mol. The monoisotopic (exact) mass is 286 g/mol. The van der Waals surface area contributed by atoms with Gasteiger partial charge in [0.15, 0.2) is 5.58 Å². The molecular weight excluding hydrogens is 276 g/mol. The highest BCUT2D eigenvalue weighted by atomic mass is 16.6. The molecule has 0 atom stereocenters. The van der Waals surface area contributed by atoms with Crippen LogP contribution in [-0.2, 0) is 0 Å². The maximum atomic E-state index is 10.7. The molecule has 0 spiro atoms. The third-order valence-electron chi connectivity index (χ3n) is 2.79. The zero-order valence-electron chi connectivity index (χ0n) is 10.9. The number of fused-ring (bicyclic) bond motifs is 1. The molecule has 3 aromatic rings. The molecular formula is C13H10N4O4. The van der Waals surface area contributed by atoms with Gasteiger partial charge in [-0.1, -0.05) is 0 Å². The number of nitro groups is 1. The van der Waals surface area contributed by atoms with Crippen LogP contribution in [0.4, 0.5) is 17.4 Å². The number of nitro benzene ring substituents is 1. The Labute approximate surface area is 118 Å². The number of nitrogens with zero attached hydrogens (tertiary/aromatic N) is 3. The number of non-ortho nitro benzene ring substituents is 1. The minimum absolute atomic E-state index is 0.0517. The molecule has 8 heteroatoms. The molecule has 2 aromatic heterocycles. The summed E-state index contributed by atoms with van der Waals surface area (Å²) >= 11 is 0. The van der Waals surface area contributed by atoms with Gasteiger partial charge in [0.2, 0.25) is 5.88 Å². The van der Waals surface area contributed by atoms with Crippen molar-refractivity contribution in [2.75, 3.05) is 12.4 Å². The number of hydrogen-bond acceptors (Lipinski definition) is 7. The molecule has 21 heavy (non-hydrogen) atoms. The lowest BCUT2D eigenvalue weighted by Crippen LogP contribution is -1.96. The Kier molecular flexibility index (Phi) is 3.11. The Bertz CT molecular complexity index is 815. The summed E-state index contributed by atoms with van der Waals surface area (Å²) in [7, 11) is 1.50. The molecule has 0 aliphatic carbocycles. The van der Waals surface area contributed by atoms with Gasteiger partial charge in [-0.2, -0.15) is 4.98 Å². The Hall–Kier alpha value is -3.16. The summed E-state index contributed by atoms with van der Waals surface area (Å²) in [4.78, 5) is 18.5. The highest BCUT2D eigenvalue weighted by Gasteiger charge is 2.13. The number of anilines is 2. The summed E-state index contributed by atoms with van der Waals surface area (Å²) in [5.41, 5.74) is 1.38. The summed E-state index contributed by atoms with van der Waals surface area (Å²) in [6.07, 6.45) is 1.60. The van der Waals surface area contributed by atoms with E-state index >= 15 is 0 Å². The maximum absolute atomic E-state index is 10.7. The Morgan fingerprint density at radius 2 is 2.24 bits per heavy atom. The second kappa shape index (κ2) is 5.08. The van der Waals surface area contributed by atoms with Gasteiger partial charge in [-0.25, -0.2) is 4.98 Å². The van der Waals surface area contributed by atoms with E-state index in [9.17, 15) is 10.1 Å². The van der Waals surface area contributed by atoms with Gasteiger partial charge in [-0.15, -0.1) is 0 Å². The van der Waals surface area contributed by atoms with Crippen LogP contribution in [0.5, 0.6) is 5.88 Å². The van der Waals surface area contributed by atoms with Crippen molar-refractivity contribution >= 4 is 28.5 Å². The first kappa shape index (κ1) is 12.9. The molecule has 1 N–H and O–H groups in total. The van der Waals surface area contributed by atoms with E-state index in [0.29, 0.717) is 22.7 Å². The fourth-order valence-corrected chi connectivity index (χ4v) is 1.84. The number of rotatable bonds is 4. The van der Waals surface area contributed by atoms with Gasteiger partial charge in [-0.3, -0.25) is 10.1 Å². The lowest BCUT2D eigenvalue weighted by molar-refractivity contribution is -0.384. The van der Waals surface area contributed by atoms with Crippen molar-refractivity contribution in [2.24, 2.45) is 0 Å². The predicted octanol–water partition coefficient (Wildman–Crippen LogP) is 2.88. The van der Waals surface area contributed by atoms with Gasteiger partial charge in [0, 0.05) is 12.3 Å². The van der Waals surface area contributed by atoms with Crippen molar-refractivity contribution in [1.82, 2.24) is 9.97 Å². The summed E-state index contributed by atoms with van der Waals surface area (Å²) in [5, 5.41) is 13.7. The topological polar surface area (TPSA) is 103 Å². The molecule has 3 rings (SSSR count). The van der Waals surface area contributed by atoms with Crippen LogP contribution in [0.2, 0.25) is 0 Å². The zero-order valence-corrected chi connectivity index (χ0v) is 10.9. The zero-order chi connectivity index (χ0) is 14.8. The van der Waals surface area contributed by atoms with Crippen LogP contribution in [0.25, 0.3) is 11.1 Å². The second-order valence-corrected chi connectivity index (χ2v) is 4.11. The maximum Gasteiger partial charge on any atom is 0.300 e. The van der Waals surface area contributed by atoms with Gasteiger partial charge in [-0.05, 0) is 18.2 Å². The summed E-state index contributed by atoms with van der Waals surface area (Å²) in [5.74, 6) is 0.394. The quantitative estimate of drug-likeness (QED) is 0.580. The van der Waals surface area contributed by atoms with E-state index in [2.05, 4.69) is 15.3 Å². The standard InChI is InChI=1S/C13H10N4O4/c1-20-12-10(3-2-6-14-12)16-13-15-9-5-4-8(17(18)19)7-11(9)21-13/h2-7H,1H3,(H,15,16). The normalized spacial score (nSPS) is 10.5. The van der Waals surface area contributed by atoms with Crippen LogP contribution in [0.1, 0.15) is 0 Å². The van der Waals surface area contributed by atoms with E-state index in [-0.39, 0.29) is 11.7 Å². The Morgan fingerprint density at radius 1 is 1.38 bits per heavy atom. The van der Waals surface area contributed by atoms with E-state index < -0.39 is 4.92 Å². The van der Waals surface area contributed by atoms with Crippen LogP contribution in [0, 0.1) is 10.1 Å². The molecule has 0 amide bonds. The number of aromatic nitrogens is 2. The summed E-state index contributed by atoms with van der Waals surface area (Å²) in [6.45, 7) is 0. The molecule has 0 fully saturated rings. The van der Waals surface area contributed by atoms with Crippen molar-refractivity contribution < 1.29 is 14.1 Å².